The van der Waals surface area contributed by atoms with E-state index in [1.54, 1.807) is 12.4 Å². The van der Waals surface area contributed by atoms with Gasteiger partial charge in [0.15, 0.2) is 0 Å². The maximum Gasteiger partial charge on any atom is 0.265 e. The van der Waals surface area contributed by atoms with Gasteiger partial charge in [-0.05, 0) is 30.5 Å². The lowest BCUT2D eigenvalue weighted by Crippen LogP contribution is -1.95. The van der Waals surface area contributed by atoms with E-state index in [-0.39, 0.29) is 5.56 Å². The first kappa shape index (κ1) is 12.2. The largest absolute Gasteiger partial charge is 0.387 e. The Bertz CT molecular complexity index is 616. The molecular formula is C14H12F2N2O. The van der Waals surface area contributed by atoms with Crippen molar-refractivity contribution < 1.29 is 13.9 Å². The summed E-state index contributed by atoms with van der Waals surface area (Å²) in [6, 6.07) is 3.32. The molecule has 3 nitrogen and oxygen atoms in total. The second-order valence-corrected chi connectivity index (χ2v) is 4.63. The van der Waals surface area contributed by atoms with Gasteiger partial charge >= 0.3 is 0 Å². The number of rotatable bonds is 2. The van der Waals surface area contributed by atoms with Gasteiger partial charge in [-0.25, -0.2) is 8.78 Å². The van der Waals surface area contributed by atoms with E-state index >= 15 is 0 Å². The highest BCUT2D eigenvalue weighted by Gasteiger charge is 2.22. The molecule has 1 aliphatic carbocycles. The SMILES string of the molecule is OC1CCc2cc(-c3cncc(C(F)F)c3)cnc21. The van der Waals surface area contributed by atoms with E-state index in [2.05, 4.69) is 9.97 Å². The molecule has 0 amide bonds. The van der Waals surface area contributed by atoms with Crippen molar-refractivity contribution in [1.82, 2.24) is 9.97 Å². The van der Waals surface area contributed by atoms with E-state index in [1.165, 1.54) is 12.3 Å². The molecule has 5 heteroatoms. The van der Waals surface area contributed by atoms with Gasteiger partial charge in [-0.15, -0.1) is 0 Å². The molecule has 3 rings (SSSR count). The topological polar surface area (TPSA) is 46.0 Å². The monoisotopic (exact) mass is 262 g/mol. The summed E-state index contributed by atoms with van der Waals surface area (Å²) >= 11 is 0. The van der Waals surface area contributed by atoms with Gasteiger partial charge in [-0.1, -0.05) is 0 Å². The molecule has 19 heavy (non-hydrogen) atoms. The highest BCUT2D eigenvalue weighted by molar-refractivity contribution is 5.63. The van der Waals surface area contributed by atoms with Crippen LogP contribution in [0.2, 0.25) is 0 Å². The van der Waals surface area contributed by atoms with E-state index in [4.69, 9.17) is 0 Å². The molecule has 1 N–H and O–H groups in total. The Morgan fingerprint density at radius 2 is 1.95 bits per heavy atom. The van der Waals surface area contributed by atoms with Gasteiger partial charge in [-0.2, -0.15) is 0 Å². The molecule has 1 atom stereocenters. The summed E-state index contributed by atoms with van der Waals surface area (Å²) in [6.07, 6.45) is 2.70. The van der Waals surface area contributed by atoms with E-state index in [9.17, 15) is 13.9 Å². The molecule has 2 aromatic rings. The van der Waals surface area contributed by atoms with Gasteiger partial charge in [0.1, 0.15) is 0 Å². The van der Waals surface area contributed by atoms with Crippen molar-refractivity contribution in [3.63, 3.8) is 0 Å². The third-order valence-electron chi connectivity index (χ3n) is 3.35. The molecule has 2 heterocycles. The van der Waals surface area contributed by atoms with Crippen LogP contribution in [-0.4, -0.2) is 15.1 Å². The van der Waals surface area contributed by atoms with Crippen molar-refractivity contribution in [2.24, 2.45) is 0 Å². The van der Waals surface area contributed by atoms with Crippen molar-refractivity contribution in [2.45, 2.75) is 25.4 Å². The van der Waals surface area contributed by atoms with Crippen LogP contribution in [0.15, 0.2) is 30.7 Å². The molecule has 0 saturated carbocycles. The van der Waals surface area contributed by atoms with Crippen LogP contribution in [0, 0.1) is 0 Å². The quantitative estimate of drug-likeness (QED) is 0.904. The standard InChI is InChI=1S/C14H12F2N2O/c15-14(16)11-4-9(5-17-6-11)10-3-8-1-2-12(19)13(8)18-7-10/h3-7,12,14,19H,1-2H2. The third-order valence-corrected chi connectivity index (χ3v) is 3.35. The minimum absolute atomic E-state index is 0.0990. The lowest BCUT2D eigenvalue weighted by atomic mass is 10.1. The highest BCUT2D eigenvalue weighted by Crippen LogP contribution is 2.32. The molecule has 1 aliphatic rings. The van der Waals surface area contributed by atoms with E-state index in [0.717, 1.165) is 17.5 Å². The molecule has 0 fully saturated rings. The summed E-state index contributed by atoms with van der Waals surface area (Å²) < 4.78 is 25.3. The number of aliphatic hydroxyl groups excluding tert-OH is 1. The average Bonchev–Trinajstić information content (AvgIpc) is 2.80. The Balaban J connectivity index is 2.01. The minimum Gasteiger partial charge on any atom is -0.387 e. The summed E-state index contributed by atoms with van der Waals surface area (Å²) in [4.78, 5) is 8.06. The summed E-state index contributed by atoms with van der Waals surface area (Å²) in [5.41, 5.74) is 2.95. The molecule has 0 radical (unpaired) electrons. The molecule has 0 bridgehead atoms. The molecule has 0 aromatic carbocycles. The van der Waals surface area contributed by atoms with Gasteiger partial charge in [0.05, 0.1) is 11.8 Å². The number of hydrogen-bond donors (Lipinski definition) is 1. The molecule has 2 aromatic heterocycles. The van der Waals surface area contributed by atoms with Crippen LogP contribution < -0.4 is 0 Å². The van der Waals surface area contributed by atoms with E-state index in [1.807, 2.05) is 6.07 Å². The van der Waals surface area contributed by atoms with Gasteiger partial charge in [0, 0.05) is 35.3 Å². The summed E-state index contributed by atoms with van der Waals surface area (Å²) in [7, 11) is 0. The molecule has 0 saturated heterocycles. The van der Waals surface area contributed by atoms with Crippen molar-refractivity contribution in [3.05, 3.63) is 47.5 Å². The number of nitrogens with zero attached hydrogens (tertiary/aromatic N) is 2. The predicted molar refractivity (Wildman–Crippen MR) is 65.7 cm³/mol. The maximum absolute atomic E-state index is 12.6. The van der Waals surface area contributed by atoms with Crippen LogP contribution in [0.1, 0.15) is 35.8 Å². The summed E-state index contributed by atoms with van der Waals surface area (Å²) in [5, 5.41) is 9.69. The normalized spacial score (nSPS) is 17.8. The Morgan fingerprint density at radius 1 is 1.16 bits per heavy atom. The first-order valence-corrected chi connectivity index (χ1v) is 6.05. The zero-order valence-corrected chi connectivity index (χ0v) is 10.1. The lowest BCUT2D eigenvalue weighted by Gasteiger charge is -2.07. The van der Waals surface area contributed by atoms with Crippen LogP contribution >= 0.6 is 0 Å². The maximum atomic E-state index is 12.6. The first-order chi connectivity index (χ1) is 9.15. The zero-order valence-electron chi connectivity index (χ0n) is 10.1. The number of fused-ring (bicyclic) bond motifs is 1. The van der Waals surface area contributed by atoms with Crippen molar-refractivity contribution in [1.29, 1.82) is 0 Å². The number of aliphatic hydroxyl groups is 1. The van der Waals surface area contributed by atoms with Crippen molar-refractivity contribution in [2.75, 3.05) is 0 Å². The fourth-order valence-corrected chi connectivity index (χ4v) is 2.34. The Hall–Kier alpha value is -1.88. The third kappa shape index (κ3) is 2.21. The van der Waals surface area contributed by atoms with Crippen LogP contribution in [0.5, 0.6) is 0 Å². The average molecular weight is 262 g/mol. The second-order valence-electron chi connectivity index (χ2n) is 4.63. The fourth-order valence-electron chi connectivity index (χ4n) is 2.34. The minimum atomic E-state index is -2.53. The van der Waals surface area contributed by atoms with Crippen LogP contribution in [0.3, 0.4) is 0 Å². The smallest absolute Gasteiger partial charge is 0.265 e. The van der Waals surface area contributed by atoms with E-state index in [0.29, 0.717) is 17.7 Å². The first-order valence-electron chi connectivity index (χ1n) is 6.05. The van der Waals surface area contributed by atoms with Gasteiger partial charge in [0.2, 0.25) is 0 Å². The molecule has 98 valence electrons. The number of aromatic nitrogens is 2. The number of halogens is 2. The second kappa shape index (κ2) is 4.66. The molecule has 1 unspecified atom stereocenters. The van der Waals surface area contributed by atoms with Crippen molar-refractivity contribution >= 4 is 0 Å². The van der Waals surface area contributed by atoms with Gasteiger partial charge in [0.25, 0.3) is 6.43 Å². The predicted octanol–water partition coefficient (Wildman–Crippen LogP) is 3.06. The summed E-state index contributed by atoms with van der Waals surface area (Å²) in [5.74, 6) is 0. The summed E-state index contributed by atoms with van der Waals surface area (Å²) in [6.45, 7) is 0. The highest BCUT2D eigenvalue weighted by atomic mass is 19.3. The van der Waals surface area contributed by atoms with Gasteiger partial charge in [-0.3, -0.25) is 9.97 Å². The Morgan fingerprint density at radius 3 is 2.74 bits per heavy atom. The number of alkyl halides is 2. The fraction of sp³-hybridized carbons (Fsp3) is 0.286. The van der Waals surface area contributed by atoms with E-state index < -0.39 is 12.5 Å². The molecular weight excluding hydrogens is 250 g/mol. The van der Waals surface area contributed by atoms with Crippen LogP contribution in [0.25, 0.3) is 11.1 Å². The Labute approximate surface area is 109 Å². The van der Waals surface area contributed by atoms with Crippen molar-refractivity contribution in [3.8, 4) is 11.1 Å². The number of aryl methyl sites for hydroxylation is 1. The number of pyridine rings is 2. The molecule has 0 spiro atoms. The van der Waals surface area contributed by atoms with Crippen LogP contribution in [-0.2, 0) is 6.42 Å². The Kier molecular flexibility index (Phi) is 2.98. The lowest BCUT2D eigenvalue weighted by molar-refractivity contribution is 0.151. The number of hydrogen-bond acceptors (Lipinski definition) is 3. The van der Waals surface area contributed by atoms with Gasteiger partial charge < -0.3 is 5.11 Å². The molecule has 0 aliphatic heterocycles. The van der Waals surface area contributed by atoms with Crippen LogP contribution in [0.4, 0.5) is 8.78 Å². The zero-order chi connectivity index (χ0) is 13.4.